The van der Waals surface area contributed by atoms with E-state index in [1.54, 1.807) is 18.2 Å². The van der Waals surface area contributed by atoms with Gasteiger partial charge in [-0.3, -0.25) is 14.5 Å². The third kappa shape index (κ3) is 6.43. The highest BCUT2D eigenvalue weighted by atomic mass is 32.2. The highest BCUT2D eigenvalue weighted by molar-refractivity contribution is 7.89. The average molecular weight is 477 g/mol. The Hall–Kier alpha value is -2.23. The van der Waals surface area contributed by atoms with Crippen molar-refractivity contribution in [2.24, 2.45) is 5.92 Å². The molecule has 2 amide bonds. The molecule has 2 aliphatic rings. The first-order valence-corrected chi connectivity index (χ1v) is 13.1. The Morgan fingerprint density at radius 3 is 2.21 bits per heavy atom. The second-order valence-electron chi connectivity index (χ2n) is 9.10. The van der Waals surface area contributed by atoms with E-state index in [4.69, 9.17) is 0 Å². The molecule has 0 radical (unpaired) electrons. The van der Waals surface area contributed by atoms with Crippen molar-refractivity contribution in [3.63, 3.8) is 0 Å². The van der Waals surface area contributed by atoms with Crippen LogP contribution in [-0.4, -0.2) is 86.7 Å². The molecule has 1 N–H and O–H groups in total. The van der Waals surface area contributed by atoms with Crippen molar-refractivity contribution in [2.75, 3.05) is 52.4 Å². The molecule has 0 unspecified atom stereocenters. The fourth-order valence-electron chi connectivity index (χ4n) is 4.35. The molecule has 0 aromatic heterocycles. The lowest BCUT2D eigenvalue weighted by Crippen LogP contribution is -2.53. The summed E-state index contributed by atoms with van der Waals surface area (Å²) in [4.78, 5) is 29.1. The Morgan fingerprint density at radius 1 is 1.06 bits per heavy atom. The molecule has 0 bridgehead atoms. The topological polar surface area (TPSA) is 90.0 Å². The average Bonchev–Trinajstić information content (AvgIpc) is 2.83. The second-order valence-corrected chi connectivity index (χ2v) is 11.0. The number of nitrogens with one attached hydrogen (secondary N) is 1. The molecule has 2 saturated heterocycles. The molecule has 33 heavy (non-hydrogen) atoms. The summed E-state index contributed by atoms with van der Waals surface area (Å²) in [5.74, 6) is 0.258. The zero-order valence-electron chi connectivity index (χ0n) is 19.7. The van der Waals surface area contributed by atoms with Gasteiger partial charge >= 0.3 is 0 Å². The molecule has 0 saturated carbocycles. The van der Waals surface area contributed by atoms with Gasteiger partial charge < -0.3 is 10.2 Å². The van der Waals surface area contributed by atoms with E-state index in [-0.39, 0.29) is 17.7 Å². The van der Waals surface area contributed by atoms with Gasteiger partial charge in [-0.2, -0.15) is 4.31 Å². The number of nitrogens with zero attached hydrogens (tertiary/aromatic N) is 3. The maximum Gasteiger partial charge on any atom is 0.243 e. The van der Waals surface area contributed by atoms with E-state index in [9.17, 15) is 18.0 Å². The van der Waals surface area contributed by atoms with Crippen molar-refractivity contribution >= 4 is 21.8 Å². The molecule has 0 spiro atoms. The van der Waals surface area contributed by atoms with Crippen LogP contribution < -0.4 is 5.32 Å². The van der Waals surface area contributed by atoms with Gasteiger partial charge in [0.1, 0.15) is 0 Å². The number of piperazine rings is 1. The Labute approximate surface area is 197 Å². The van der Waals surface area contributed by atoms with Gasteiger partial charge in [0.2, 0.25) is 21.8 Å². The van der Waals surface area contributed by atoms with Gasteiger partial charge in [0.15, 0.2) is 0 Å². The quantitative estimate of drug-likeness (QED) is 0.577. The van der Waals surface area contributed by atoms with E-state index in [1.807, 2.05) is 21.9 Å². The molecular formula is C24H36N4O4S. The second kappa shape index (κ2) is 11.3. The van der Waals surface area contributed by atoms with E-state index < -0.39 is 10.0 Å². The first-order valence-electron chi connectivity index (χ1n) is 11.7. The van der Waals surface area contributed by atoms with Gasteiger partial charge in [-0.05, 0) is 36.5 Å². The van der Waals surface area contributed by atoms with Gasteiger partial charge in [0.05, 0.1) is 11.4 Å². The minimum Gasteiger partial charge on any atom is -0.352 e. The third-order valence-electron chi connectivity index (χ3n) is 6.48. The maximum absolute atomic E-state index is 13.0. The van der Waals surface area contributed by atoms with Crippen LogP contribution >= 0.6 is 0 Å². The number of hydrogen-bond donors (Lipinski definition) is 1. The van der Waals surface area contributed by atoms with Crippen molar-refractivity contribution in [3.8, 4) is 0 Å². The van der Waals surface area contributed by atoms with Gasteiger partial charge in [0, 0.05) is 51.7 Å². The molecule has 1 aromatic rings. The first-order chi connectivity index (χ1) is 15.7. The van der Waals surface area contributed by atoms with Crippen molar-refractivity contribution in [3.05, 3.63) is 42.5 Å². The molecule has 2 heterocycles. The highest BCUT2D eigenvalue weighted by Gasteiger charge is 2.34. The van der Waals surface area contributed by atoms with Crippen LogP contribution in [0.1, 0.15) is 38.2 Å². The number of piperidine rings is 1. The van der Waals surface area contributed by atoms with E-state index in [1.165, 1.54) is 4.31 Å². The predicted molar refractivity (Wildman–Crippen MR) is 128 cm³/mol. The molecule has 2 fully saturated rings. The molecule has 0 aliphatic carbocycles. The molecule has 8 nitrogen and oxygen atoms in total. The standard InChI is InChI=1S/C24H36N4O4S/c1-4-11-25-23(29)18-26-14-16-27(17-15-26)24(30)21-9-12-28(13-10-21)33(31,32)22-7-5-20(6-8-22)19(2)3/h4-8,19,21H,1,9-18H2,2-3H3,(H,25,29). The van der Waals surface area contributed by atoms with Crippen molar-refractivity contribution in [2.45, 2.75) is 37.5 Å². The Balaban J connectivity index is 1.48. The zero-order chi connectivity index (χ0) is 24.0. The van der Waals surface area contributed by atoms with Crippen LogP contribution in [-0.2, 0) is 19.6 Å². The summed E-state index contributed by atoms with van der Waals surface area (Å²) in [6.07, 6.45) is 2.71. The normalized spacial score (nSPS) is 18.9. The lowest BCUT2D eigenvalue weighted by molar-refractivity contribution is -0.138. The summed E-state index contributed by atoms with van der Waals surface area (Å²) < 4.78 is 27.5. The minimum absolute atomic E-state index is 0.0397. The molecule has 182 valence electrons. The van der Waals surface area contributed by atoms with Crippen molar-refractivity contribution < 1.29 is 18.0 Å². The Bertz CT molecular complexity index is 930. The summed E-state index contributed by atoms with van der Waals surface area (Å²) in [5, 5.41) is 2.77. The van der Waals surface area contributed by atoms with E-state index in [0.717, 1.165) is 5.56 Å². The van der Waals surface area contributed by atoms with Gasteiger partial charge in [-0.1, -0.05) is 32.1 Å². The summed E-state index contributed by atoms with van der Waals surface area (Å²) >= 11 is 0. The number of amides is 2. The SMILES string of the molecule is C=CCNC(=O)CN1CCN(C(=O)C2CCN(S(=O)(=O)c3ccc(C(C)C)cc3)CC2)CC1. The van der Waals surface area contributed by atoms with Crippen molar-refractivity contribution in [1.29, 1.82) is 0 Å². The molecule has 3 rings (SSSR count). The van der Waals surface area contributed by atoms with Crippen LogP contribution in [0.25, 0.3) is 0 Å². The first kappa shape index (κ1) is 25.4. The minimum atomic E-state index is -3.55. The van der Waals surface area contributed by atoms with Crippen LogP contribution in [0.5, 0.6) is 0 Å². The smallest absolute Gasteiger partial charge is 0.243 e. The molecule has 2 aliphatic heterocycles. The highest BCUT2D eigenvalue weighted by Crippen LogP contribution is 2.26. The monoisotopic (exact) mass is 476 g/mol. The van der Waals surface area contributed by atoms with Crippen LogP contribution in [0.15, 0.2) is 41.8 Å². The zero-order valence-corrected chi connectivity index (χ0v) is 20.5. The van der Waals surface area contributed by atoms with Crippen LogP contribution in [0.2, 0.25) is 0 Å². The number of carbonyl (C=O) groups is 2. The Morgan fingerprint density at radius 2 is 1.67 bits per heavy atom. The predicted octanol–water partition coefficient (Wildman–Crippen LogP) is 1.66. The number of benzene rings is 1. The van der Waals surface area contributed by atoms with Gasteiger partial charge in [-0.15, -0.1) is 6.58 Å². The third-order valence-corrected chi connectivity index (χ3v) is 8.40. The van der Waals surface area contributed by atoms with Gasteiger partial charge in [0.25, 0.3) is 0 Å². The van der Waals surface area contributed by atoms with Crippen molar-refractivity contribution in [1.82, 2.24) is 19.4 Å². The van der Waals surface area contributed by atoms with E-state index in [2.05, 4.69) is 25.7 Å². The van der Waals surface area contributed by atoms with Crippen LogP contribution in [0.3, 0.4) is 0 Å². The summed E-state index contributed by atoms with van der Waals surface area (Å²) in [6, 6.07) is 7.10. The maximum atomic E-state index is 13.0. The summed E-state index contributed by atoms with van der Waals surface area (Å²) in [6.45, 7) is 11.7. The lowest BCUT2D eigenvalue weighted by Gasteiger charge is -2.38. The van der Waals surface area contributed by atoms with E-state index in [0.29, 0.717) is 76.0 Å². The largest absolute Gasteiger partial charge is 0.352 e. The molecule has 0 atom stereocenters. The van der Waals surface area contributed by atoms with Gasteiger partial charge in [-0.25, -0.2) is 8.42 Å². The summed E-state index contributed by atoms with van der Waals surface area (Å²) in [7, 11) is -3.55. The number of hydrogen-bond acceptors (Lipinski definition) is 5. The summed E-state index contributed by atoms with van der Waals surface area (Å²) in [5.41, 5.74) is 1.11. The van der Waals surface area contributed by atoms with E-state index >= 15 is 0 Å². The lowest BCUT2D eigenvalue weighted by atomic mass is 9.96. The number of carbonyl (C=O) groups excluding carboxylic acids is 2. The van der Waals surface area contributed by atoms with Crippen LogP contribution in [0, 0.1) is 5.92 Å². The fourth-order valence-corrected chi connectivity index (χ4v) is 5.82. The molecule has 1 aromatic carbocycles. The molecular weight excluding hydrogens is 440 g/mol. The fraction of sp³-hybridized carbons (Fsp3) is 0.583. The molecule has 9 heteroatoms. The van der Waals surface area contributed by atoms with Crippen LogP contribution in [0.4, 0.5) is 0 Å². The number of sulfonamides is 1. The number of rotatable bonds is 8. The Kier molecular flexibility index (Phi) is 8.67.